The highest BCUT2D eigenvalue weighted by atomic mass is 16.2. The summed E-state index contributed by atoms with van der Waals surface area (Å²) in [7, 11) is 1.95. The van der Waals surface area contributed by atoms with E-state index in [9.17, 15) is 9.59 Å². The van der Waals surface area contributed by atoms with Gasteiger partial charge in [0.25, 0.3) is 5.91 Å². The van der Waals surface area contributed by atoms with Crippen LogP contribution < -0.4 is 15.5 Å². The Morgan fingerprint density at radius 3 is 2.50 bits per heavy atom. The Balaban J connectivity index is 1.90. The Hall–Kier alpha value is -2.82. The van der Waals surface area contributed by atoms with Crippen molar-refractivity contribution in [3.8, 4) is 0 Å². The van der Waals surface area contributed by atoms with Gasteiger partial charge >= 0.3 is 0 Å². The normalized spacial score (nSPS) is 16.7. The van der Waals surface area contributed by atoms with Gasteiger partial charge < -0.3 is 15.5 Å². The van der Waals surface area contributed by atoms with Crippen LogP contribution in [0.3, 0.4) is 0 Å². The van der Waals surface area contributed by atoms with Gasteiger partial charge in [-0.05, 0) is 29.8 Å². The summed E-state index contributed by atoms with van der Waals surface area (Å²) in [6, 6.07) is 15.0. The van der Waals surface area contributed by atoms with Gasteiger partial charge in [-0.25, -0.2) is 0 Å². The predicted octanol–water partition coefficient (Wildman–Crippen LogP) is 2.52. The summed E-state index contributed by atoms with van der Waals surface area (Å²) in [5.74, 6) is -0.186. The first-order chi connectivity index (χ1) is 10.6. The average molecular weight is 295 g/mol. The number of hydrogen-bond donors (Lipinski definition) is 2. The second kappa shape index (κ2) is 5.52. The zero-order valence-electron chi connectivity index (χ0n) is 12.5. The number of para-hydroxylation sites is 1. The number of hydrogen-bond acceptors (Lipinski definition) is 3. The van der Waals surface area contributed by atoms with Crippen molar-refractivity contribution in [1.82, 2.24) is 5.32 Å². The molecule has 112 valence electrons. The molecule has 0 saturated carbocycles. The maximum Gasteiger partial charge on any atom is 0.255 e. The van der Waals surface area contributed by atoms with Crippen LogP contribution in [0, 0.1) is 0 Å². The lowest BCUT2D eigenvalue weighted by Gasteiger charge is -2.36. The molecule has 1 unspecified atom stereocenters. The third-order valence-corrected chi connectivity index (χ3v) is 3.73. The second-order valence-electron chi connectivity index (χ2n) is 5.31. The van der Waals surface area contributed by atoms with Gasteiger partial charge in [0.05, 0.1) is 11.3 Å². The lowest BCUT2D eigenvalue weighted by Crippen LogP contribution is -2.44. The molecule has 2 aromatic rings. The van der Waals surface area contributed by atoms with Crippen LogP contribution in [0.2, 0.25) is 0 Å². The first-order valence-corrected chi connectivity index (χ1v) is 7.06. The van der Waals surface area contributed by atoms with Gasteiger partial charge in [-0.1, -0.05) is 24.3 Å². The van der Waals surface area contributed by atoms with E-state index in [1.165, 1.54) is 6.92 Å². The summed E-state index contributed by atoms with van der Waals surface area (Å²) < 4.78 is 0. The molecule has 1 atom stereocenters. The average Bonchev–Trinajstić information content (AvgIpc) is 2.51. The molecule has 5 nitrogen and oxygen atoms in total. The van der Waals surface area contributed by atoms with Crippen LogP contribution in [0.4, 0.5) is 11.4 Å². The van der Waals surface area contributed by atoms with Crippen molar-refractivity contribution < 1.29 is 9.59 Å². The van der Waals surface area contributed by atoms with E-state index in [-0.39, 0.29) is 18.0 Å². The number of carbonyl (C=O) groups excluding carboxylic acids is 2. The van der Waals surface area contributed by atoms with Gasteiger partial charge in [-0.15, -0.1) is 0 Å². The van der Waals surface area contributed by atoms with E-state index in [4.69, 9.17) is 0 Å². The van der Waals surface area contributed by atoms with E-state index >= 15 is 0 Å². The molecule has 0 radical (unpaired) electrons. The molecule has 0 aliphatic carbocycles. The molecule has 0 saturated heterocycles. The molecule has 2 N–H and O–H groups in total. The Bertz CT molecular complexity index is 725. The molecule has 0 spiro atoms. The molecule has 1 aliphatic rings. The third-order valence-electron chi connectivity index (χ3n) is 3.73. The molecule has 1 heterocycles. The highest BCUT2D eigenvalue weighted by Crippen LogP contribution is 2.31. The highest BCUT2D eigenvalue weighted by Gasteiger charge is 2.28. The topological polar surface area (TPSA) is 61.4 Å². The molecule has 5 heteroatoms. The summed E-state index contributed by atoms with van der Waals surface area (Å²) in [6.45, 7) is 1.47. The number of benzene rings is 2. The van der Waals surface area contributed by atoms with E-state index in [2.05, 4.69) is 10.6 Å². The molecular formula is C17H17N3O2. The van der Waals surface area contributed by atoms with Crippen molar-refractivity contribution in [3.63, 3.8) is 0 Å². The maximum absolute atomic E-state index is 12.2. The smallest absolute Gasteiger partial charge is 0.255 e. The summed E-state index contributed by atoms with van der Waals surface area (Å²) in [6.07, 6.45) is -0.228. The van der Waals surface area contributed by atoms with Gasteiger partial charge in [-0.2, -0.15) is 0 Å². The van der Waals surface area contributed by atoms with Crippen molar-refractivity contribution in [3.05, 3.63) is 59.7 Å². The van der Waals surface area contributed by atoms with E-state index in [0.29, 0.717) is 5.56 Å². The molecule has 2 amide bonds. The number of amides is 2. The number of fused-ring (bicyclic) bond motifs is 1. The standard InChI is InChI=1S/C17H17N3O2/c1-11(21)18-13-9-7-12(8-10-13)16-19-17(22)14-5-3-4-6-15(14)20(16)2/h3-10,16H,1-2H3,(H,18,21)(H,19,22). The molecule has 0 aromatic heterocycles. The Morgan fingerprint density at radius 2 is 1.82 bits per heavy atom. The fourth-order valence-electron chi connectivity index (χ4n) is 2.67. The van der Waals surface area contributed by atoms with Crippen LogP contribution in [0.25, 0.3) is 0 Å². The van der Waals surface area contributed by atoms with Gasteiger partial charge in [0.1, 0.15) is 6.17 Å². The summed E-state index contributed by atoms with van der Waals surface area (Å²) in [4.78, 5) is 25.3. The minimum atomic E-state index is -0.228. The predicted molar refractivity (Wildman–Crippen MR) is 85.8 cm³/mol. The van der Waals surface area contributed by atoms with Crippen molar-refractivity contribution in [2.75, 3.05) is 17.3 Å². The van der Waals surface area contributed by atoms with Crippen molar-refractivity contribution in [2.45, 2.75) is 13.1 Å². The van der Waals surface area contributed by atoms with Gasteiger partial charge in [0.2, 0.25) is 5.91 Å². The van der Waals surface area contributed by atoms with Gasteiger partial charge in [-0.3, -0.25) is 9.59 Å². The molecular weight excluding hydrogens is 278 g/mol. The summed E-state index contributed by atoms with van der Waals surface area (Å²) >= 11 is 0. The molecule has 3 rings (SSSR count). The minimum Gasteiger partial charge on any atom is -0.350 e. The monoisotopic (exact) mass is 295 g/mol. The number of anilines is 2. The minimum absolute atomic E-state index is 0.0790. The van der Waals surface area contributed by atoms with E-state index in [1.54, 1.807) is 0 Å². The first kappa shape index (κ1) is 14.1. The van der Waals surface area contributed by atoms with E-state index in [1.807, 2.05) is 60.5 Å². The van der Waals surface area contributed by atoms with Crippen molar-refractivity contribution in [2.24, 2.45) is 0 Å². The SMILES string of the molecule is CC(=O)Nc1ccc(C2NC(=O)c3ccccc3N2C)cc1. The number of nitrogens with zero attached hydrogens (tertiary/aromatic N) is 1. The molecule has 2 aromatic carbocycles. The maximum atomic E-state index is 12.2. The summed E-state index contributed by atoms with van der Waals surface area (Å²) in [5, 5.41) is 5.73. The number of rotatable bonds is 2. The van der Waals surface area contributed by atoms with Crippen LogP contribution in [0.5, 0.6) is 0 Å². The zero-order chi connectivity index (χ0) is 15.7. The Morgan fingerprint density at radius 1 is 1.14 bits per heavy atom. The fraction of sp³-hybridized carbons (Fsp3) is 0.176. The summed E-state index contributed by atoms with van der Waals surface area (Å²) in [5.41, 5.74) is 3.28. The van der Waals surface area contributed by atoms with Crippen LogP contribution >= 0.6 is 0 Å². The zero-order valence-corrected chi connectivity index (χ0v) is 12.5. The van der Waals surface area contributed by atoms with Crippen LogP contribution in [0.1, 0.15) is 29.0 Å². The third kappa shape index (κ3) is 2.53. The van der Waals surface area contributed by atoms with Crippen LogP contribution in [-0.4, -0.2) is 18.9 Å². The quantitative estimate of drug-likeness (QED) is 0.895. The number of nitrogens with one attached hydrogen (secondary N) is 2. The lowest BCUT2D eigenvalue weighted by atomic mass is 10.0. The number of carbonyl (C=O) groups is 2. The second-order valence-corrected chi connectivity index (χ2v) is 5.31. The van der Waals surface area contributed by atoms with Crippen molar-refractivity contribution >= 4 is 23.2 Å². The van der Waals surface area contributed by atoms with Gasteiger partial charge in [0.15, 0.2) is 0 Å². The molecule has 0 fully saturated rings. The lowest BCUT2D eigenvalue weighted by molar-refractivity contribution is -0.114. The fourth-order valence-corrected chi connectivity index (χ4v) is 2.67. The Labute approximate surface area is 128 Å². The van der Waals surface area contributed by atoms with Crippen molar-refractivity contribution in [1.29, 1.82) is 0 Å². The molecule has 22 heavy (non-hydrogen) atoms. The first-order valence-electron chi connectivity index (χ1n) is 7.06. The molecule has 1 aliphatic heterocycles. The van der Waals surface area contributed by atoms with Crippen LogP contribution in [0.15, 0.2) is 48.5 Å². The largest absolute Gasteiger partial charge is 0.350 e. The molecule has 0 bridgehead atoms. The van der Waals surface area contributed by atoms with E-state index in [0.717, 1.165) is 16.9 Å². The van der Waals surface area contributed by atoms with Crippen LogP contribution in [-0.2, 0) is 4.79 Å². The highest BCUT2D eigenvalue weighted by molar-refractivity contribution is 6.02. The van der Waals surface area contributed by atoms with E-state index < -0.39 is 0 Å². The Kier molecular flexibility index (Phi) is 3.55. The van der Waals surface area contributed by atoms with Gasteiger partial charge in [0, 0.05) is 19.7 Å².